The lowest BCUT2D eigenvalue weighted by Gasteiger charge is -1.76. The Labute approximate surface area is 51.4 Å². The van der Waals surface area contributed by atoms with E-state index in [9.17, 15) is 0 Å². The van der Waals surface area contributed by atoms with Crippen molar-refractivity contribution in [1.29, 1.82) is 0 Å². The Hall–Kier alpha value is -0.720. The van der Waals surface area contributed by atoms with Gasteiger partial charge in [0.15, 0.2) is 0 Å². The van der Waals surface area contributed by atoms with E-state index in [1.807, 2.05) is 0 Å². The Morgan fingerprint density at radius 3 is 3.00 bits per heavy atom. The van der Waals surface area contributed by atoms with E-state index in [0.717, 1.165) is 0 Å². The molecule has 0 aliphatic carbocycles. The smallest absolute Gasteiger partial charge is 0.101 e. The molecule has 0 bridgehead atoms. The maximum atomic E-state index is 7.25. The van der Waals surface area contributed by atoms with Crippen molar-refractivity contribution in [2.75, 3.05) is 0 Å². The van der Waals surface area contributed by atoms with Gasteiger partial charge in [0.1, 0.15) is 11.5 Å². The van der Waals surface area contributed by atoms with Gasteiger partial charge in [-0.25, -0.2) is 0 Å². The van der Waals surface area contributed by atoms with Crippen LogP contribution >= 0.6 is 0 Å². The van der Waals surface area contributed by atoms with Crippen molar-refractivity contribution in [2.45, 2.75) is 13.8 Å². The van der Waals surface area contributed by atoms with Crippen LogP contribution in [0.1, 0.15) is 19.7 Å². The molecule has 1 nitrogen and oxygen atoms in total. The zero-order valence-corrected chi connectivity index (χ0v) is 3.62. The molecule has 0 N–H and O–H groups in total. The quantitative estimate of drug-likeness (QED) is 0.487. The molecule has 0 fully saturated rings. The van der Waals surface area contributed by atoms with Gasteiger partial charge in [-0.3, -0.25) is 0 Å². The summed E-state index contributed by atoms with van der Waals surface area (Å²) in [6, 6.07) is -0.747. The predicted octanol–water partition coefficient (Wildman–Crippen LogP) is 1.90. The van der Waals surface area contributed by atoms with Crippen LogP contribution in [0.15, 0.2) is 16.5 Å². The summed E-state index contributed by atoms with van der Waals surface area (Å²) in [6.45, 7) is -2.83. The molecule has 0 saturated heterocycles. The van der Waals surface area contributed by atoms with Gasteiger partial charge in [0.25, 0.3) is 0 Å². The van der Waals surface area contributed by atoms with Crippen LogP contribution in [-0.4, -0.2) is 0 Å². The van der Waals surface area contributed by atoms with Crippen LogP contribution < -0.4 is 0 Å². The average Bonchev–Trinajstić information content (AvgIpc) is 2.28. The molecule has 0 radical (unpaired) electrons. The number of hydrogen-bond acceptors (Lipinski definition) is 1. The number of rotatable bonds is 0. The highest BCUT2D eigenvalue weighted by Crippen LogP contribution is 2.02. The van der Waals surface area contributed by atoms with Gasteiger partial charge in [-0.05, 0) is 25.8 Å². The lowest BCUT2D eigenvalue weighted by Crippen LogP contribution is -1.53. The van der Waals surface area contributed by atoms with Crippen LogP contribution in [-0.2, 0) is 0 Å². The van der Waals surface area contributed by atoms with Gasteiger partial charge < -0.3 is 4.42 Å². The van der Waals surface area contributed by atoms with Crippen LogP contribution in [0.2, 0.25) is 0 Å². The van der Waals surface area contributed by atoms with E-state index >= 15 is 0 Å². The molecular formula is C6H8O. The van der Waals surface area contributed by atoms with Crippen molar-refractivity contribution >= 4 is 0 Å². The lowest BCUT2D eigenvalue weighted by molar-refractivity contribution is 0.504. The number of aryl methyl sites for hydroxylation is 2. The summed E-state index contributed by atoms with van der Waals surface area (Å²) in [5.74, 6) is -0.573. The first kappa shape index (κ1) is 1.16. The van der Waals surface area contributed by atoms with Gasteiger partial charge in [0.05, 0.1) is 2.74 Å². The Kier molecular flexibility index (Phi) is 0.234. The maximum absolute atomic E-state index is 7.25. The Bertz CT molecular complexity index is 312. The van der Waals surface area contributed by atoms with Crippen molar-refractivity contribution in [3.8, 4) is 0 Å². The summed E-state index contributed by atoms with van der Waals surface area (Å²) in [5.41, 5.74) is 0. The number of hydrogen-bond donors (Lipinski definition) is 0. The molecule has 0 atom stereocenters. The summed E-state index contributed by atoms with van der Waals surface area (Å²) in [5, 5.41) is 0. The normalized spacial score (nSPS) is 23.4. The van der Waals surface area contributed by atoms with Gasteiger partial charge in [0, 0.05) is 5.48 Å². The minimum atomic E-state index is -2.51. The van der Waals surface area contributed by atoms with Crippen LogP contribution in [0, 0.1) is 13.8 Å². The first-order chi connectivity index (χ1) is 5.88. The highest BCUT2D eigenvalue weighted by atomic mass is 16.3. The zero-order chi connectivity index (χ0) is 10.2. The first-order valence-corrected chi connectivity index (χ1v) is 1.76. The molecule has 38 valence electrons. The fourth-order valence-electron chi connectivity index (χ4n) is 0.301. The van der Waals surface area contributed by atoms with Crippen molar-refractivity contribution in [3.63, 3.8) is 0 Å². The summed E-state index contributed by atoms with van der Waals surface area (Å²) < 4.78 is 47.1. The minimum absolute atomic E-state index is 0.0730. The highest BCUT2D eigenvalue weighted by molar-refractivity contribution is 5.02. The predicted molar refractivity (Wildman–Crippen MR) is 28.2 cm³/mol. The third kappa shape index (κ3) is 0.829. The Morgan fingerprint density at radius 2 is 2.57 bits per heavy atom. The van der Waals surface area contributed by atoms with Gasteiger partial charge in [-0.15, -0.1) is 0 Å². The largest absolute Gasteiger partial charge is 0.467 e. The second-order valence-electron chi connectivity index (χ2n) is 1.10. The van der Waals surface area contributed by atoms with Crippen LogP contribution in [0.5, 0.6) is 0 Å². The molecule has 1 aromatic rings. The summed E-state index contributed by atoms with van der Waals surface area (Å²) >= 11 is 0. The topological polar surface area (TPSA) is 13.1 Å². The SMILES string of the molecule is [2H]Cc1oc(C([2H])([2H])[2H])c([2H])c1[2H]. The molecule has 0 aliphatic heterocycles. The lowest BCUT2D eigenvalue weighted by atomic mass is 10.5. The van der Waals surface area contributed by atoms with Crippen molar-refractivity contribution in [3.05, 3.63) is 23.6 Å². The van der Waals surface area contributed by atoms with Crippen molar-refractivity contribution in [2.24, 2.45) is 0 Å². The van der Waals surface area contributed by atoms with Gasteiger partial charge >= 0.3 is 0 Å². The van der Waals surface area contributed by atoms with E-state index in [1.165, 1.54) is 0 Å². The van der Waals surface area contributed by atoms with E-state index in [4.69, 9.17) is 12.6 Å². The zero-order valence-electron chi connectivity index (χ0n) is 9.62. The summed E-state index contributed by atoms with van der Waals surface area (Å²) in [6.07, 6.45) is 0. The molecule has 1 heteroatoms. The summed E-state index contributed by atoms with van der Waals surface area (Å²) in [4.78, 5) is 0. The fourth-order valence-corrected chi connectivity index (χ4v) is 0.301. The van der Waals surface area contributed by atoms with Gasteiger partial charge in [0.2, 0.25) is 0 Å². The highest BCUT2D eigenvalue weighted by Gasteiger charge is 1.85. The standard InChI is InChI=1S/C6H8O/c1-5-3-4-6(2)7-5/h3-4H,1-2H3/i1D,2D3,3D,4D. The molecular weight excluding hydrogens is 88.1 g/mol. The minimum Gasteiger partial charge on any atom is -0.467 e. The van der Waals surface area contributed by atoms with Crippen LogP contribution in [0.4, 0.5) is 0 Å². The van der Waals surface area contributed by atoms with E-state index in [2.05, 4.69) is 0 Å². The number of furan rings is 1. The van der Waals surface area contributed by atoms with Gasteiger partial charge in [-0.2, -0.15) is 0 Å². The van der Waals surface area contributed by atoms with E-state index in [0.29, 0.717) is 0 Å². The Balaban J connectivity index is 3.25. The molecule has 1 rings (SSSR count). The fraction of sp³-hybridized carbons (Fsp3) is 0.333. The Morgan fingerprint density at radius 1 is 1.71 bits per heavy atom. The molecule has 0 aromatic carbocycles. The molecule has 0 aliphatic rings. The second-order valence-corrected chi connectivity index (χ2v) is 1.10. The molecule has 7 heavy (non-hydrogen) atoms. The molecule has 0 amide bonds. The van der Waals surface area contributed by atoms with E-state index < -0.39 is 18.7 Å². The third-order valence-corrected chi connectivity index (χ3v) is 0.541. The molecule has 1 aromatic heterocycles. The molecule has 0 saturated carbocycles. The molecule has 0 unspecified atom stereocenters. The van der Waals surface area contributed by atoms with Crippen LogP contribution in [0.3, 0.4) is 0 Å². The van der Waals surface area contributed by atoms with Gasteiger partial charge in [-0.1, -0.05) is 0 Å². The van der Waals surface area contributed by atoms with Crippen molar-refractivity contribution in [1.82, 2.24) is 0 Å². The first-order valence-electron chi connectivity index (χ1n) is 4.97. The van der Waals surface area contributed by atoms with E-state index in [-0.39, 0.29) is 18.7 Å². The van der Waals surface area contributed by atoms with Crippen LogP contribution in [0.25, 0.3) is 0 Å². The monoisotopic (exact) mass is 102 g/mol. The van der Waals surface area contributed by atoms with Crippen molar-refractivity contribution < 1.29 is 12.6 Å². The maximum Gasteiger partial charge on any atom is 0.101 e. The van der Waals surface area contributed by atoms with E-state index in [1.54, 1.807) is 0 Å². The average molecular weight is 102 g/mol. The second kappa shape index (κ2) is 1.41. The summed E-state index contributed by atoms with van der Waals surface area (Å²) in [7, 11) is 0. The molecule has 1 heterocycles. The molecule has 0 spiro atoms. The third-order valence-electron chi connectivity index (χ3n) is 0.541.